The summed E-state index contributed by atoms with van der Waals surface area (Å²) in [6.45, 7) is 7.37. The van der Waals surface area contributed by atoms with Crippen LogP contribution in [-0.2, 0) is 4.79 Å². The van der Waals surface area contributed by atoms with Crippen molar-refractivity contribution in [3.8, 4) is 0 Å². The number of thioether (sulfide) groups is 1. The zero-order valence-corrected chi connectivity index (χ0v) is 16.1. The summed E-state index contributed by atoms with van der Waals surface area (Å²) in [7, 11) is 0. The Morgan fingerprint density at radius 2 is 2.04 bits per heavy atom. The Hall–Kier alpha value is -1.53. The molecule has 1 heterocycles. The van der Waals surface area contributed by atoms with Crippen LogP contribution in [0.2, 0.25) is 0 Å². The molecular weight excluding hydrogens is 334 g/mol. The fraction of sp³-hybridized carbons (Fsp3) is 0.579. The molecule has 0 aromatic heterocycles. The Balaban J connectivity index is 2.06. The van der Waals surface area contributed by atoms with Crippen molar-refractivity contribution in [2.45, 2.75) is 50.6 Å². The number of hydrogen-bond acceptors (Lipinski definition) is 4. The van der Waals surface area contributed by atoms with Crippen molar-refractivity contribution in [2.24, 2.45) is 11.7 Å². The third-order valence-electron chi connectivity index (χ3n) is 4.41. The van der Waals surface area contributed by atoms with Crippen molar-refractivity contribution >= 4 is 23.6 Å². The molecule has 0 spiro atoms. The third kappa shape index (κ3) is 5.75. The fourth-order valence-corrected chi connectivity index (χ4v) is 3.93. The summed E-state index contributed by atoms with van der Waals surface area (Å²) >= 11 is 1.41. The van der Waals surface area contributed by atoms with Crippen LogP contribution < -0.4 is 11.1 Å². The number of nitrogens with one attached hydrogen (secondary N) is 1. The van der Waals surface area contributed by atoms with Gasteiger partial charge in [0.1, 0.15) is 0 Å². The van der Waals surface area contributed by atoms with Gasteiger partial charge in [0.15, 0.2) is 0 Å². The smallest absolute Gasteiger partial charge is 0.254 e. The van der Waals surface area contributed by atoms with E-state index in [1.165, 1.54) is 11.8 Å². The topological polar surface area (TPSA) is 75.4 Å². The molecule has 1 aliphatic rings. The van der Waals surface area contributed by atoms with Gasteiger partial charge in [-0.2, -0.15) is 0 Å². The molecule has 5 nitrogen and oxygen atoms in total. The monoisotopic (exact) mass is 363 g/mol. The molecular formula is C19H29N3O2S. The number of hydrogen-bond donors (Lipinski definition) is 2. The minimum Gasteiger partial charge on any atom is -0.353 e. The zero-order chi connectivity index (χ0) is 18.4. The van der Waals surface area contributed by atoms with E-state index in [1.54, 1.807) is 0 Å². The first-order valence-corrected chi connectivity index (χ1v) is 9.93. The van der Waals surface area contributed by atoms with Crippen LogP contribution in [0.15, 0.2) is 29.2 Å². The van der Waals surface area contributed by atoms with Gasteiger partial charge in [0.25, 0.3) is 5.91 Å². The predicted octanol–water partition coefficient (Wildman–Crippen LogP) is 2.50. The molecule has 1 aliphatic heterocycles. The molecule has 1 aromatic rings. The number of piperidine rings is 1. The van der Waals surface area contributed by atoms with Crippen LogP contribution in [0.25, 0.3) is 0 Å². The lowest BCUT2D eigenvalue weighted by atomic mass is 9.92. The van der Waals surface area contributed by atoms with Crippen LogP contribution in [0.1, 0.15) is 44.0 Å². The fourth-order valence-electron chi connectivity index (χ4n) is 3.07. The maximum absolute atomic E-state index is 13.0. The number of amides is 2. The molecule has 2 atom stereocenters. The zero-order valence-electron chi connectivity index (χ0n) is 15.3. The lowest BCUT2D eigenvalue weighted by Gasteiger charge is -2.35. The summed E-state index contributed by atoms with van der Waals surface area (Å²) in [5.41, 5.74) is 6.71. The summed E-state index contributed by atoms with van der Waals surface area (Å²) in [6, 6.07) is 7.75. The quantitative estimate of drug-likeness (QED) is 0.762. The van der Waals surface area contributed by atoms with Crippen molar-refractivity contribution in [1.29, 1.82) is 0 Å². The van der Waals surface area contributed by atoms with Gasteiger partial charge in [-0.3, -0.25) is 9.59 Å². The number of likely N-dealkylation sites (tertiary alicyclic amines) is 1. The Kier molecular flexibility index (Phi) is 7.32. The maximum atomic E-state index is 13.0. The second-order valence-corrected chi connectivity index (χ2v) is 8.04. The highest BCUT2D eigenvalue weighted by atomic mass is 32.2. The molecule has 1 aromatic carbocycles. The Morgan fingerprint density at radius 3 is 2.72 bits per heavy atom. The van der Waals surface area contributed by atoms with E-state index >= 15 is 0 Å². The van der Waals surface area contributed by atoms with E-state index < -0.39 is 0 Å². The average Bonchev–Trinajstić information content (AvgIpc) is 2.59. The van der Waals surface area contributed by atoms with Crippen LogP contribution in [-0.4, -0.2) is 47.6 Å². The van der Waals surface area contributed by atoms with Gasteiger partial charge < -0.3 is 16.0 Å². The van der Waals surface area contributed by atoms with Crippen molar-refractivity contribution < 1.29 is 9.59 Å². The molecule has 6 heteroatoms. The maximum Gasteiger partial charge on any atom is 0.254 e. The van der Waals surface area contributed by atoms with Gasteiger partial charge in [-0.15, -0.1) is 11.8 Å². The molecule has 0 radical (unpaired) electrons. The Labute approximate surface area is 154 Å². The van der Waals surface area contributed by atoms with E-state index in [4.69, 9.17) is 5.73 Å². The number of rotatable bonds is 6. The van der Waals surface area contributed by atoms with E-state index in [0.717, 1.165) is 24.3 Å². The lowest BCUT2D eigenvalue weighted by Crippen LogP contribution is -2.45. The molecule has 2 unspecified atom stereocenters. The molecule has 0 bridgehead atoms. The first-order chi connectivity index (χ1) is 11.9. The summed E-state index contributed by atoms with van der Waals surface area (Å²) < 4.78 is 0. The summed E-state index contributed by atoms with van der Waals surface area (Å²) in [5.74, 6) is 0.689. The van der Waals surface area contributed by atoms with Gasteiger partial charge >= 0.3 is 0 Å². The normalized spacial score (nSPS) is 18.9. The van der Waals surface area contributed by atoms with Crippen molar-refractivity contribution in [2.75, 3.05) is 18.8 Å². The van der Waals surface area contributed by atoms with Gasteiger partial charge in [-0.25, -0.2) is 0 Å². The SMILES string of the molecule is CC(C)NC(=O)CSc1ccccc1C(=O)N1CCCC(C(C)N)C1. The van der Waals surface area contributed by atoms with E-state index in [9.17, 15) is 9.59 Å². The average molecular weight is 364 g/mol. The first kappa shape index (κ1) is 19.8. The van der Waals surface area contributed by atoms with Crippen LogP contribution in [0.3, 0.4) is 0 Å². The van der Waals surface area contributed by atoms with Gasteiger partial charge in [-0.1, -0.05) is 12.1 Å². The van der Waals surface area contributed by atoms with Gasteiger partial charge in [0.05, 0.1) is 11.3 Å². The largest absolute Gasteiger partial charge is 0.353 e. The van der Waals surface area contributed by atoms with Crippen molar-refractivity contribution in [3.63, 3.8) is 0 Å². The summed E-state index contributed by atoms with van der Waals surface area (Å²) in [4.78, 5) is 27.6. The number of carbonyl (C=O) groups is 2. The second kappa shape index (κ2) is 9.25. The van der Waals surface area contributed by atoms with E-state index in [0.29, 0.717) is 23.8 Å². The minimum atomic E-state index is -0.0164. The molecule has 25 heavy (non-hydrogen) atoms. The number of nitrogens with two attached hydrogens (primary N) is 1. The standard InChI is InChI=1S/C19H29N3O2S/c1-13(2)21-18(23)12-25-17-9-5-4-8-16(17)19(24)22-10-6-7-15(11-22)14(3)20/h4-5,8-9,13-15H,6-7,10-12,20H2,1-3H3,(H,21,23). The molecule has 3 N–H and O–H groups in total. The summed E-state index contributed by atoms with van der Waals surface area (Å²) in [5, 5.41) is 2.87. The van der Waals surface area contributed by atoms with Gasteiger partial charge in [0.2, 0.25) is 5.91 Å². The van der Waals surface area contributed by atoms with Crippen molar-refractivity contribution in [3.05, 3.63) is 29.8 Å². The third-order valence-corrected chi connectivity index (χ3v) is 5.49. The van der Waals surface area contributed by atoms with E-state index in [1.807, 2.05) is 49.9 Å². The highest BCUT2D eigenvalue weighted by Gasteiger charge is 2.27. The Bertz CT molecular complexity index is 604. The molecule has 1 saturated heterocycles. The number of nitrogens with zero attached hydrogens (tertiary/aromatic N) is 1. The predicted molar refractivity (Wildman–Crippen MR) is 103 cm³/mol. The highest BCUT2D eigenvalue weighted by Crippen LogP contribution is 2.26. The second-order valence-electron chi connectivity index (χ2n) is 7.02. The highest BCUT2D eigenvalue weighted by molar-refractivity contribution is 8.00. The number of benzene rings is 1. The van der Waals surface area contributed by atoms with Gasteiger partial charge in [0, 0.05) is 30.1 Å². The molecule has 1 fully saturated rings. The molecule has 2 rings (SSSR count). The van der Waals surface area contributed by atoms with Crippen molar-refractivity contribution in [1.82, 2.24) is 10.2 Å². The Morgan fingerprint density at radius 1 is 1.32 bits per heavy atom. The van der Waals surface area contributed by atoms with Crippen LogP contribution in [0.5, 0.6) is 0 Å². The van der Waals surface area contributed by atoms with Crippen LogP contribution >= 0.6 is 11.8 Å². The molecule has 0 saturated carbocycles. The lowest BCUT2D eigenvalue weighted by molar-refractivity contribution is -0.119. The van der Waals surface area contributed by atoms with Gasteiger partial charge in [-0.05, 0) is 51.7 Å². The van der Waals surface area contributed by atoms with Crippen LogP contribution in [0, 0.1) is 5.92 Å². The summed E-state index contributed by atoms with van der Waals surface area (Å²) in [6.07, 6.45) is 2.07. The van der Waals surface area contributed by atoms with E-state index in [-0.39, 0.29) is 23.9 Å². The molecule has 2 amide bonds. The number of carbonyl (C=O) groups excluding carboxylic acids is 2. The molecule has 138 valence electrons. The minimum absolute atomic E-state index is 0.0164. The van der Waals surface area contributed by atoms with Crippen LogP contribution in [0.4, 0.5) is 0 Å². The first-order valence-electron chi connectivity index (χ1n) is 8.94. The van der Waals surface area contributed by atoms with E-state index in [2.05, 4.69) is 5.32 Å². The molecule has 0 aliphatic carbocycles.